The maximum absolute atomic E-state index is 12.2. The molecule has 0 aliphatic heterocycles. The van der Waals surface area contributed by atoms with Crippen molar-refractivity contribution >= 4 is 11.6 Å². The van der Waals surface area contributed by atoms with Crippen molar-refractivity contribution in [2.75, 3.05) is 11.9 Å². The van der Waals surface area contributed by atoms with Gasteiger partial charge in [0.1, 0.15) is 17.3 Å². The molecule has 0 aliphatic rings. The van der Waals surface area contributed by atoms with Gasteiger partial charge in [0, 0.05) is 12.8 Å². The largest absolute Gasteiger partial charge is 0.494 e. The first kappa shape index (κ1) is 17.6. The Morgan fingerprint density at radius 3 is 2.50 bits per heavy atom. The molecule has 1 N–H and O–H groups in total. The van der Waals surface area contributed by atoms with Crippen molar-refractivity contribution in [2.45, 2.75) is 19.8 Å². The van der Waals surface area contributed by atoms with Crippen LogP contribution in [-0.2, 0) is 11.2 Å². The molecule has 2 aromatic carbocycles. The van der Waals surface area contributed by atoms with Crippen LogP contribution in [0.3, 0.4) is 0 Å². The molecule has 1 heterocycles. The SMILES string of the molecule is CCOc1ccc(Oc2ccccc2NC(=O)CCc2ccco2)cc1. The van der Waals surface area contributed by atoms with E-state index in [1.165, 1.54) is 0 Å². The standard InChI is InChI=1S/C21H21NO4/c1-2-24-17-9-11-18(12-10-17)26-20-8-4-3-7-19(20)22-21(23)14-13-16-6-5-15-25-16/h3-12,15H,2,13-14H2,1H3,(H,22,23). The van der Waals surface area contributed by atoms with Gasteiger partial charge in [-0.15, -0.1) is 0 Å². The number of hydrogen-bond donors (Lipinski definition) is 1. The third-order valence-electron chi connectivity index (χ3n) is 3.70. The molecule has 0 saturated carbocycles. The lowest BCUT2D eigenvalue weighted by Crippen LogP contribution is -2.12. The fourth-order valence-corrected chi connectivity index (χ4v) is 2.46. The van der Waals surface area contributed by atoms with Crippen molar-refractivity contribution in [2.24, 2.45) is 0 Å². The van der Waals surface area contributed by atoms with Gasteiger partial charge in [0.25, 0.3) is 0 Å². The highest BCUT2D eigenvalue weighted by Crippen LogP contribution is 2.30. The molecule has 3 rings (SSSR count). The first-order valence-corrected chi connectivity index (χ1v) is 8.56. The van der Waals surface area contributed by atoms with Crippen LogP contribution in [0, 0.1) is 0 Å². The molecule has 0 saturated heterocycles. The van der Waals surface area contributed by atoms with Crippen LogP contribution in [-0.4, -0.2) is 12.5 Å². The van der Waals surface area contributed by atoms with Crippen LogP contribution >= 0.6 is 0 Å². The second-order valence-corrected chi connectivity index (χ2v) is 5.63. The maximum Gasteiger partial charge on any atom is 0.224 e. The summed E-state index contributed by atoms with van der Waals surface area (Å²) in [5.74, 6) is 2.75. The molecular formula is C21H21NO4. The Morgan fingerprint density at radius 2 is 1.77 bits per heavy atom. The molecule has 0 atom stereocenters. The van der Waals surface area contributed by atoms with Gasteiger partial charge >= 0.3 is 0 Å². The van der Waals surface area contributed by atoms with Crippen molar-refractivity contribution in [1.82, 2.24) is 0 Å². The number of anilines is 1. The van der Waals surface area contributed by atoms with Crippen molar-refractivity contribution < 1.29 is 18.7 Å². The summed E-state index contributed by atoms with van der Waals surface area (Å²) in [5.41, 5.74) is 0.630. The molecule has 0 unspecified atom stereocenters. The number of ether oxygens (including phenoxy) is 2. The zero-order valence-corrected chi connectivity index (χ0v) is 14.6. The summed E-state index contributed by atoms with van der Waals surface area (Å²) in [5, 5.41) is 2.89. The molecule has 0 fully saturated rings. The number of para-hydroxylation sites is 2. The van der Waals surface area contributed by atoms with Gasteiger partial charge < -0.3 is 19.2 Å². The number of furan rings is 1. The summed E-state index contributed by atoms with van der Waals surface area (Å²) in [7, 11) is 0. The second kappa shape index (κ2) is 8.76. The van der Waals surface area contributed by atoms with Gasteiger partial charge in [0.2, 0.25) is 5.91 Å². The number of carbonyl (C=O) groups is 1. The van der Waals surface area contributed by atoms with Gasteiger partial charge in [-0.1, -0.05) is 12.1 Å². The molecule has 1 amide bonds. The quantitative estimate of drug-likeness (QED) is 0.617. The van der Waals surface area contributed by atoms with Crippen LogP contribution in [0.15, 0.2) is 71.3 Å². The third-order valence-corrected chi connectivity index (χ3v) is 3.70. The van der Waals surface area contributed by atoms with E-state index >= 15 is 0 Å². The normalized spacial score (nSPS) is 10.3. The molecule has 5 nitrogen and oxygen atoms in total. The predicted octanol–water partition coefficient (Wildman–Crippen LogP) is 5.04. The highest BCUT2D eigenvalue weighted by atomic mass is 16.5. The van der Waals surface area contributed by atoms with Crippen molar-refractivity contribution in [3.8, 4) is 17.2 Å². The van der Waals surface area contributed by atoms with Crippen LogP contribution < -0.4 is 14.8 Å². The Kier molecular flexibility index (Phi) is 5.93. The molecule has 1 aromatic heterocycles. The lowest BCUT2D eigenvalue weighted by molar-refractivity contribution is -0.116. The monoisotopic (exact) mass is 351 g/mol. The van der Waals surface area contributed by atoms with E-state index in [4.69, 9.17) is 13.9 Å². The number of benzene rings is 2. The predicted molar refractivity (Wildman–Crippen MR) is 99.8 cm³/mol. The molecule has 0 aliphatic carbocycles. The van der Waals surface area contributed by atoms with E-state index in [2.05, 4.69) is 5.32 Å². The van der Waals surface area contributed by atoms with Gasteiger partial charge in [-0.05, 0) is 55.5 Å². The Morgan fingerprint density at radius 1 is 1.00 bits per heavy atom. The van der Waals surface area contributed by atoms with Crippen LogP contribution in [0.4, 0.5) is 5.69 Å². The first-order chi connectivity index (χ1) is 12.7. The third kappa shape index (κ3) is 4.89. The summed E-state index contributed by atoms with van der Waals surface area (Å²) in [6.45, 7) is 2.56. The van der Waals surface area contributed by atoms with Crippen LogP contribution in [0.1, 0.15) is 19.1 Å². The zero-order chi connectivity index (χ0) is 18.2. The summed E-state index contributed by atoms with van der Waals surface area (Å²) in [6.07, 6.45) is 2.50. The smallest absolute Gasteiger partial charge is 0.224 e. The van der Waals surface area contributed by atoms with Gasteiger partial charge in [-0.2, -0.15) is 0 Å². The van der Waals surface area contributed by atoms with E-state index in [1.54, 1.807) is 6.26 Å². The fourth-order valence-electron chi connectivity index (χ4n) is 2.46. The number of rotatable bonds is 8. The Hall–Kier alpha value is -3.21. The average molecular weight is 351 g/mol. The maximum atomic E-state index is 12.2. The van der Waals surface area contributed by atoms with Crippen LogP contribution in [0.25, 0.3) is 0 Å². The lowest BCUT2D eigenvalue weighted by atomic mass is 10.2. The highest BCUT2D eigenvalue weighted by Gasteiger charge is 2.09. The van der Waals surface area contributed by atoms with Crippen LogP contribution in [0.5, 0.6) is 17.2 Å². The summed E-state index contributed by atoms with van der Waals surface area (Å²) < 4.78 is 16.6. The van der Waals surface area contributed by atoms with Crippen molar-refractivity contribution in [3.63, 3.8) is 0 Å². The van der Waals surface area contributed by atoms with E-state index in [9.17, 15) is 4.79 Å². The van der Waals surface area contributed by atoms with E-state index in [-0.39, 0.29) is 5.91 Å². The van der Waals surface area contributed by atoms with Crippen molar-refractivity contribution in [3.05, 3.63) is 72.7 Å². The number of aryl methyl sites for hydroxylation is 1. The molecule has 0 bridgehead atoms. The summed E-state index contributed by atoms with van der Waals surface area (Å²) >= 11 is 0. The Bertz CT molecular complexity index is 825. The molecule has 0 radical (unpaired) electrons. The lowest BCUT2D eigenvalue weighted by Gasteiger charge is -2.12. The average Bonchev–Trinajstić information content (AvgIpc) is 3.17. The minimum atomic E-state index is -0.0934. The minimum Gasteiger partial charge on any atom is -0.494 e. The minimum absolute atomic E-state index is 0.0934. The number of carbonyl (C=O) groups excluding carboxylic acids is 1. The van der Waals surface area contributed by atoms with Crippen LogP contribution in [0.2, 0.25) is 0 Å². The van der Waals surface area contributed by atoms with Gasteiger partial charge in [-0.25, -0.2) is 0 Å². The molecule has 134 valence electrons. The zero-order valence-electron chi connectivity index (χ0n) is 14.6. The van der Waals surface area contributed by atoms with Gasteiger partial charge in [0.15, 0.2) is 5.75 Å². The molecule has 5 heteroatoms. The summed E-state index contributed by atoms with van der Waals surface area (Å²) in [4.78, 5) is 12.2. The molecular weight excluding hydrogens is 330 g/mol. The summed E-state index contributed by atoms with van der Waals surface area (Å²) in [6, 6.07) is 18.4. The van der Waals surface area contributed by atoms with E-state index in [1.807, 2.05) is 67.6 Å². The van der Waals surface area contributed by atoms with Gasteiger partial charge in [-0.3, -0.25) is 4.79 Å². The molecule has 3 aromatic rings. The molecule has 0 spiro atoms. The number of nitrogens with one attached hydrogen (secondary N) is 1. The Balaban J connectivity index is 1.62. The van der Waals surface area contributed by atoms with E-state index in [0.29, 0.717) is 36.6 Å². The van der Waals surface area contributed by atoms with E-state index in [0.717, 1.165) is 11.5 Å². The topological polar surface area (TPSA) is 60.7 Å². The number of amides is 1. The molecule has 26 heavy (non-hydrogen) atoms. The van der Waals surface area contributed by atoms with Crippen molar-refractivity contribution in [1.29, 1.82) is 0 Å². The fraction of sp³-hybridized carbons (Fsp3) is 0.190. The second-order valence-electron chi connectivity index (χ2n) is 5.63. The number of hydrogen-bond acceptors (Lipinski definition) is 4. The van der Waals surface area contributed by atoms with E-state index < -0.39 is 0 Å². The van der Waals surface area contributed by atoms with Gasteiger partial charge in [0.05, 0.1) is 18.6 Å². The highest BCUT2D eigenvalue weighted by molar-refractivity contribution is 5.92. The first-order valence-electron chi connectivity index (χ1n) is 8.56. The Labute approximate surface area is 152 Å².